The van der Waals surface area contributed by atoms with Crippen molar-refractivity contribution in [3.8, 4) is 5.75 Å². The summed E-state index contributed by atoms with van der Waals surface area (Å²) in [6, 6.07) is 13.4. The van der Waals surface area contributed by atoms with Gasteiger partial charge in [-0.2, -0.15) is 0 Å². The van der Waals surface area contributed by atoms with Gasteiger partial charge >= 0.3 is 5.97 Å². The Bertz CT molecular complexity index is 1490. The maximum absolute atomic E-state index is 13.1. The Morgan fingerprint density at radius 2 is 1.85 bits per heavy atom. The molecule has 0 unspecified atom stereocenters. The molecule has 0 aliphatic carbocycles. The minimum Gasteiger partial charge on any atom is -0.507 e. The normalized spacial score (nSPS) is 13.5. The van der Waals surface area contributed by atoms with E-state index in [1.807, 2.05) is 0 Å². The number of carboxylic acids is 1. The van der Waals surface area contributed by atoms with E-state index in [-0.39, 0.29) is 40.2 Å². The number of carbonyl (C=O) groups excluding carboxylic acids is 3. The van der Waals surface area contributed by atoms with E-state index in [1.54, 1.807) is 53.4 Å². The van der Waals surface area contributed by atoms with E-state index in [0.29, 0.717) is 47.1 Å². The molecule has 1 heterocycles. The monoisotopic (exact) mass is 566 g/mol. The summed E-state index contributed by atoms with van der Waals surface area (Å²) in [5, 5.41) is 22.2. The number of nitrogens with one attached hydrogen (secondary N) is 1. The number of hydrogen-bond acceptors (Lipinski definition) is 5. The third-order valence-corrected chi connectivity index (χ3v) is 7.13. The third kappa shape index (κ3) is 6.47. The van der Waals surface area contributed by atoms with Crippen molar-refractivity contribution in [3.05, 3.63) is 104 Å². The molecule has 39 heavy (non-hydrogen) atoms. The van der Waals surface area contributed by atoms with Gasteiger partial charge in [0.05, 0.1) is 15.6 Å². The average Bonchev–Trinajstić information content (AvgIpc) is 2.91. The molecule has 3 aromatic carbocycles. The van der Waals surface area contributed by atoms with E-state index in [9.17, 15) is 29.4 Å². The minimum atomic E-state index is -1.29. The van der Waals surface area contributed by atoms with Gasteiger partial charge in [0.25, 0.3) is 5.91 Å². The van der Waals surface area contributed by atoms with Gasteiger partial charge in [-0.25, -0.2) is 4.79 Å². The molecule has 0 bridgehead atoms. The molecule has 0 saturated carbocycles. The zero-order valence-corrected chi connectivity index (χ0v) is 22.1. The number of carboxylic acid groups (broad SMARTS) is 1. The molecule has 1 aliphatic rings. The van der Waals surface area contributed by atoms with Crippen LogP contribution in [0.4, 0.5) is 0 Å². The maximum atomic E-state index is 13.1. The number of phenolic OH excluding ortho intramolecular Hbond substituents is 1. The van der Waals surface area contributed by atoms with Crippen LogP contribution in [0.15, 0.2) is 60.7 Å². The van der Waals surface area contributed by atoms with Crippen LogP contribution in [0.25, 0.3) is 6.08 Å². The summed E-state index contributed by atoms with van der Waals surface area (Å²) in [5.41, 5.74) is 2.77. The molecular formula is C29H24Cl2N2O6. The molecule has 0 spiro atoms. The van der Waals surface area contributed by atoms with Crippen LogP contribution >= 0.6 is 23.2 Å². The molecule has 1 aliphatic heterocycles. The van der Waals surface area contributed by atoms with Gasteiger partial charge in [0.1, 0.15) is 18.1 Å². The predicted octanol–water partition coefficient (Wildman–Crippen LogP) is 4.54. The summed E-state index contributed by atoms with van der Waals surface area (Å²) in [6.07, 6.45) is 3.89. The Kier molecular flexibility index (Phi) is 8.69. The van der Waals surface area contributed by atoms with E-state index in [2.05, 4.69) is 5.32 Å². The first-order valence-electron chi connectivity index (χ1n) is 12.0. The standard InChI is InChI=1S/C29H24Cl2N2O6/c30-22-14-20-15-33(25(36)9-8-19-6-1-2-7-24(19)35)11-10-21(20)27(31)26(22)28(37)32-23(29(38)39)13-17-4-3-5-18(12-17)16-34/h1-9,12,14,16,23,35H,10-11,13,15H2,(H,32,37)(H,38,39)/b9-8+/t23-/m0/s1. The van der Waals surface area contributed by atoms with Crippen molar-refractivity contribution in [2.45, 2.75) is 25.4 Å². The Hall–Kier alpha value is -4.14. The van der Waals surface area contributed by atoms with Gasteiger partial charge in [0.15, 0.2) is 0 Å². The number of rotatable bonds is 8. The van der Waals surface area contributed by atoms with Gasteiger partial charge in [-0.3, -0.25) is 14.4 Å². The highest BCUT2D eigenvalue weighted by Crippen LogP contribution is 2.35. The Balaban J connectivity index is 1.50. The van der Waals surface area contributed by atoms with Gasteiger partial charge in [-0.1, -0.05) is 59.6 Å². The first kappa shape index (κ1) is 27.9. The van der Waals surface area contributed by atoms with Crippen LogP contribution in [-0.4, -0.2) is 51.8 Å². The highest BCUT2D eigenvalue weighted by atomic mass is 35.5. The number of aldehydes is 1. The molecule has 2 amide bonds. The number of aromatic hydroxyl groups is 1. The zero-order valence-electron chi connectivity index (χ0n) is 20.6. The number of aliphatic carboxylic acids is 1. The Morgan fingerprint density at radius 1 is 1.08 bits per heavy atom. The van der Waals surface area contributed by atoms with E-state index in [4.69, 9.17) is 23.2 Å². The fourth-order valence-electron chi connectivity index (χ4n) is 4.40. The molecule has 8 nitrogen and oxygen atoms in total. The molecular weight excluding hydrogens is 543 g/mol. The predicted molar refractivity (Wildman–Crippen MR) is 147 cm³/mol. The second-order valence-corrected chi connectivity index (χ2v) is 9.80. The molecule has 3 aromatic rings. The summed E-state index contributed by atoms with van der Waals surface area (Å²) in [6.45, 7) is 0.551. The van der Waals surface area contributed by atoms with E-state index < -0.39 is 17.9 Å². The van der Waals surface area contributed by atoms with Crippen molar-refractivity contribution in [3.63, 3.8) is 0 Å². The lowest BCUT2D eigenvalue weighted by molar-refractivity contribution is -0.139. The number of para-hydroxylation sites is 1. The molecule has 1 atom stereocenters. The van der Waals surface area contributed by atoms with Gasteiger partial charge in [0.2, 0.25) is 5.91 Å². The third-order valence-electron chi connectivity index (χ3n) is 6.42. The summed E-state index contributed by atoms with van der Waals surface area (Å²) in [4.78, 5) is 50.4. The topological polar surface area (TPSA) is 124 Å². The molecule has 3 N–H and O–H groups in total. The number of hydrogen-bond donors (Lipinski definition) is 3. The van der Waals surface area contributed by atoms with Crippen LogP contribution in [0.2, 0.25) is 10.0 Å². The minimum absolute atomic E-state index is 0.0300. The summed E-state index contributed by atoms with van der Waals surface area (Å²) in [7, 11) is 0. The number of amides is 2. The first-order chi connectivity index (χ1) is 18.7. The summed E-state index contributed by atoms with van der Waals surface area (Å²) < 4.78 is 0. The largest absolute Gasteiger partial charge is 0.507 e. The lowest BCUT2D eigenvalue weighted by atomic mass is 9.96. The number of phenols is 1. The second-order valence-electron chi connectivity index (χ2n) is 9.02. The van der Waals surface area contributed by atoms with Crippen molar-refractivity contribution in [1.29, 1.82) is 0 Å². The van der Waals surface area contributed by atoms with Gasteiger partial charge in [0, 0.05) is 36.7 Å². The van der Waals surface area contributed by atoms with Crippen molar-refractivity contribution in [1.82, 2.24) is 10.2 Å². The van der Waals surface area contributed by atoms with E-state index >= 15 is 0 Å². The van der Waals surface area contributed by atoms with Crippen LogP contribution in [0.3, 0.4) is 0 Å². The highest BCUT2D eigenvalue weighted by Gasteiger charge is 2.29. The number of carbonyl (C=O) groups is 4. The second kappa shape index (κ2) is 12.1. The van der Waals surface area contributed by atoms with Crippen LogP contribution in [0, 0.1) is 0 Å². The molecule has 4 rings (SSSR count). The molecule has 0 saturated heterocycles. The van der Waals surface area contributed by atoms with Crippen LogP contribution in [-0.2, 0) is 29.0 Å². The van der Waals surface area contributed by atoms with Crippen LogP contribution < -0.4 is 5.32 Å². The molecule has 0 aromatic heterocycles. The highest BCUT2D eigenvalue weighted by molar-refractivity contribution is 6.40. The van der Waals surface area contributed by atoms with Crippen molar-refractivity contribution < 1.29 is 29.4 Å². The van der Waals surface area contributed by atoms with Gasteiger partial charge < -0.3 is 20.4 Å². The average molecular weight is 567 g/mol. The number of nitrogens with zero attached hydrogens (tertiary/aromatic N) is 1. The van der Waals surface area contributed by atoms with Crippen LogP contribution in [0.1, 0.15) is 43.0 Å². The Morgan fingerprint density at radius 3 is 2.56 bits per heavy atom. The van der Waals surface area contributed by atoms with Crippen molar-refractivity contribution in [2.75, 3.05) is 6.54 Å². The fraction of sp³-hybridized carbons (Fsp3) is 0.172. The fourth-order valence-corrected chi connectivity index (χ4v) is 5.17. The van der Waals surface area contributed by atoms with E-state index in [1.165, 1.54) is 18.2 Å². The zero-order chi connectivity index (χ0) is 28.1. The van der Waals surface area contributed by atoms with Gasteiger partial charge in [-0.05, 0) is 47.4 Å². The van der Waals surface area contributed by atoms with E-state index in [0.717, 1.165) is 0 Å². The van der Waals surface area contributed by atoms with Gasteiger partial charge in [-0.15, -0.1) is 0 Å². The molecule has 0 radical (unpaired) electrons. The summed E-state index contributed by atoms with van der Waals surface area (Å²) in [5.74, 6) is -2.19. The summed E-state index contributed by atoms with van der Waals surface area (Å²) >= 11 is 13.0. The van der Waals surface area contributed by atoms with Crippen LogP contribution in [0.5, 0.6) is 5.75 Å². The lowest BCUT2D eigenvalue weighted by Crippen LogP contribution is -2.42. The van der Waals surface area contributed by atoms with Crippen molar-refractivity contribution in [2.24, 2.45) is 0 Å². The van der Waals surface area contributed by atoms with Crippen molar-refractivity contribution >= 4 is 53.3 Å². The smallest absolute Gasteiger partial charge is 0.326 e. The number of benzene rings is 3. The number of fused-ring (bicyclic) bond motifs is 1. The first-order valence-corrected chi connectivity index (χ1v) is 12.8. The maximum Gasteiger partial charge on any atom is 0.326 e. The molecule has 10 heteroatoms. The lowest BCUT2D eigenvalue weighted by Gasteiger charge is -2.29. The molecule has 200 valence electrons. The molecule has 0 fully saturated rings. The number of halogens is 2. The quantitative estimate of drug-likeness (QED) is 0.271. The Labute approximate surface area is 234 Å². The SMILES string of the molecule is O=Cc1cccc(C[C@H](NC(=O)c2c(Cl)cc3c(c2Cl)CCN(C(=O)/C=C/c2ccccc2O)C3)C(=O)O)c1.